The highest BCUT2D eigenvalue weighted by molar-refractivity contribution is 5.95. The lowest BCUT2D eigenvalue weighted by atomic mass is 9.87. The number of nitrogens with two attached hydrogens (primary N) is 1. The number of carbonyl (C=O) groups is 1. The number of rotatable bonds is 7. The van der Waals surface area contributed by atoms with Crippen molar-refractivity contribution in [2.75, 3.05) is 12.3 Å². The first-order chi connectivity index (χ1) is 9.35. The summed E-state index contributed by atoms with van der Waals surface area (Å²) in [6, 6.07) is 4.04. The van der Waals surface area contributed by atoms with Crippen molar-refractivity contribution in [1.82, 2.24) is 5.32 Å². The van der Waals surface area contributed by atoms with Crippen molar-refractivity contribution in [2.45, 2.75) is 46.5 Å². The number of amides is 1. The average Bonchev–Trinajstić information content (AvgIpc) is 2.39. The van der Waals surface area contributed by atoms with Crippen LogP contribution in [0, 0.1) is 11.2 Å². The number of hydrogen-bond acceptors (Lipinski definition) is 2. The second-order valence-electron chi connectivity index (χ2n) is 6.04. The van der Waals surface area contributed by atoms with E-state index in [-0.39, 0.29) is 17.0 Å². The van der Waals surface area contributed by atoms with E-state index in [0.717, 1.165) is 6.42 Å². The third kappa shape index (κ3) is 5.19. The molecule has 1 aromatic carbocycles. The fourth-order valence-electron chi connectivity index (χ4n) is 2.05. The molecule has 112 valence electrons. The van der Waals surface area contributed by atoms with E-state index in [1.807, 2.05) is 0 Å². The summed E-state index contributed by atoms with van der Waals surface area (Å²) < 4.78 is 13.1. The van der Waals surface area contributed by atoms with Gasteiger partial charge in [-0.15, -0.1) is 0 Å². The van der Waals surface area contributed by atoms with Crippen molar-refractivity contribution in [3.63, 3.8) is 0 Å². The van der Waals surface area contributed by atoms with Crippen LogP contribution in [0.2, 0.25) is 0 Å². The Morgan fingerprint density at radius 2 is 2.05 bits per heavy atom. The van der Waals surface area contributed by atoms with Crippen LogP contribution in [0.5, 0.6) is 0 Å². The second-order valence-corrected chi connectivity index (χ2v) is 6.04. The zero-order valence-corrected chi connectivity index (χ0v) is 12.6. The topological polar surface area (TPSA) is 55.1 Å². The number of benzene rings is 1. The van der Waals surface area contributed by atoms with Gasteiger partial charge in [0.2, 0.25) is 0 Å². The Morgan fingerprint density at radius 1 is 1.35 bits per heavy atom. The molecule has 0 bridgehead atoms. The summed E-state index contributed by atoms with van der Waals surface area (Å²) in [5, 5.41) is 2.90. The molecule has 0 aromatic heterocycles. The molecule has 0 heterocycles. The molecule has 1 aromatic rings. The van der Waals surface area contributed by atoms with Gasteiger partial charge in [-0.1, -0.05) is 40.0 Å². The van der Waals surface area contributed by atoms with Crippen LogP contribution < -0.4 is 11.1 Å². The lowest BCUT2D eigenvalue weighted by molar-refractivity contribution is 0.0934. The fourth-order valence-corrected chi connectivity index (χ4v) is 2.05. The van der Waals surface area contributed by atoms with Gasteiger partial charge in [-0.05, 0) is 30.0 Å². The van der Waals surface area contributed by atoms with Crippen LogP contribution in [0.1, 0.15) is 56.8 Å². The smallest absolute Gasteiger partial charge is 0.251 e. The monoisotopic (exact) mass is 280 g/mol. The minimum absolute atomic E-state index is 0.000133. The van der Waals surface area contributed by atoms with Crippen LogP contribution in [-0.2, 0) is 0 Å². The first kappa shape index (κ1) is 16.5. The van der Waals surface area contributed by atoms with Gasteiger partial charge in [0, 0.05) is 12.1 Å². The summed E-state index contributed by atoms with van der Waals surface area (Å²) in [5.74, 6) is -0.707. The molecule has 0 aliphatic heterocycles. The minimum Gasteiger partial charge on any atom is -0.396 e. The van der Waals surface area contributed by atoms with Crippen molar-refractivity contribution < 1.29 is 9.18 Å². The number of hydrogen-bond donors (Lipinski definition) is 2. The predicted molar refractivity (Wildman–Crippen MR) is 81.1 cm³/mol. The van der Waals surface area contributed by atoms with E-state index in [1.165, 1.54) is 37.5 Å². The number of unbranched alkanes of at least 4 members (excludes halogenated alkanes) is 2. The molecule has 0 radical (unpaired) electrons. The zero-order chi connectivity index (χ0) is 15.2. The van der Waals surface area contributed by atoms with Crippen LogP contribution in [-0.4, -0.2) is 12.5 Å². The zero-order valence-electron chi connectivity index (χ0n) is 12.6. The molecule has 0 atom stereocenters. The van der Waals surface area contributed by atoms with Crippen LogP contribution in [0.25, 0.3) is 0 Å². The summed E-state index contributed by atoms with van der Waals surface area (Å²) in [6.45, 7) is 7.06. The van der Waals surface area contributed by atoms with E-state index in [2.05, 4.69) is 26.1 Å². The maximum absolute atomic E-state index is 13.1. The summed E-state index contributed by atoms with van der Waals surface area (Å²) in [7, 11) is 0. The molecule has 20 heavy (non-hydrogen) atoms. The van der Waals surface area contributed by atoms with Crippen LogP contribution >= 0.6 is 0 Å². The van der Waals surface area contributed by atoms with Gasteiger partial charge >= 0.3 is 0 Å². The highest BCUT2D eigenvalue weighted by Crippen LogP contribution is 2.23. The molecule has 0 spiro atoms. The van der Waals surface area contributed by atoms with Crippen molar-refractivity contribution in [1.29, 1.82) is 0 Å². The molecule has 0 aliphatic rings. The highest BCUT2D eigenvalue weighted by atomic mass is 19.1. The van der Waals surface area contributed by atoms with Gasteiger partial charge in [0.15, 0.2) is 0 Å². The maximum atomic E-state index is 13.1. The summed E-state index contributed by atoms with van der Waals surface area (Å²) in [5.41, 5.74) is 5.93. The van der Waals surface area contributed by atoms with Gasteiger partial charge in [0.25, 0.3) is 5.91 Å². The third-order valence-corrected chi connectivity index (χ3v) is 3.44. The number of nitrogens with one attached hydrogen (secondary N) is 1. The van der Waals surface area contributed by atoms with Gasteiger partial charge in [-0.25, -0.2) is 4.39 Å². The predicted octanol–water partition coefficient (Wildman–Crippen LogP) is 3.74. The molecule has 0 aliphatic carbocycles. The standard InChI is InChI=1S/C16H25FN2O/c1-4-5-6-9-16(2,3)11-19-15(20)12-7-8-13(17)14(18)10-12/h7-8,10H,4-6,9,11,18H2,1-3H3,(H,19,20). The average molecular weight is 280 g/mol. The van der Waals surface area contributed by atoms with E-state index < -0.39 is 5.82 Å². The van der Waals surface area contributed by atoms with E-state index in [4.69, 9.17) is 5.73 Å². The Labute approximate surface area is 120 Å². The normalized spacial score (nSPS) is 11.4. The van der Waals surface area contributed by atoms with Crippen LogP contribution in [0.15, 0.2) is 18.2 Å². The summed E-state index contributed by atoms with van der Waals surface area (Å²) in [6.07, 6.45) is 4.65. The second kappa shape index (κ2) is 7.27. The Morgan fingerprint density at radius 3 is 2.65 bits per heavy atom. The fraction of sp³-hybridized carbons (Fsp3) is 0.562. The van der Waals surface area contributed by atoms with Crippen LogP contribution in [0.4, 0.5) is 10.1 Å². The molecule has 1 rings (SSSR count). The van der Waals surface area contributed by atoms with Gasteiger partial charge in [-0.3, -0.25) is 4.79 Å². The van der Waals surface area contributed by atoms with Gasteiger partial charge in [0.1, 0.15) is 5.82 Å². The molecule has 0 saturated carbocycles. The Bertz CT molecular complexity index is 458. The summed E-state index contributed by atoms with van der Waals surface area (Å²) >= 11 is 0. The third-order valence-electron chi connectivity index (χ3n) is 3.44. The molecular formula is C16H25FN2O. The van der Waals surface area contributed by atoms with Crippen molar-refractivity contribution in [2.24, 2.45) is 5.41 Å². The Kier molecular flexibility index (Phi) is 5.99. The van der Waals surface area contributed by atoms with Gasteiger partial charge < -0.3 is 11.1 Å². The Balaban J connectivity index is 2.51. The summed E-state index contributed by atoms with van der Waals surface area (Å²) in [4.78, 5) is 12.0. The largest absolute Gasteiger partial charge is 0.396 e. The Hall–Kier alpha value is -1.58. The molecule has 4 heteroatoms. The number of anilines is 1. The molecule has 1 amide bonds. The molecular weight excluding hydrogens is 255 g/mol. The number of halogens is 1. The molecule has 0 unspecified atom stereocenters. The first-order valence-corrected chi connectivity index (χ1v) is 7.19. The van der Waals surface area contributed by atoms with E-state index in [1.54, 1.807) is 0 Å². The van der Waals surface area contributed by atoms with E-state index in [0.29, 0.717) is 12.1 Å². The van der Waals surface area contributed by atoms with Crippen LogP contribution in [0.3, 0.4) is 0 Å². The first-order valence-electron chi connectivity index (χ1n) is 7.19. The maximum Gasteiger partial charge on any atom is 0.251 e. The van der Waals surface area contributed by atoms with Crippen molar-refractivity contribution in [3.8, 4) is 0 Å². The SMILES string of the molecule is CCCCCC(C)(C)CNC(=O)c1ccc(F)c(N)c1. The van der Waals surface area contributed by atoms with Gasteiger partial charge in [-0.2, -0.15) is 0 Å². The lowest BCUT2D eigenvalue weighted by Gasteiger charge is -2.25. The molecule has 0 saturated heterocycles. The van der Waals surface area contributed by atoms with E-state index >= 15 is 0 Å². The van der Waals surface area contributed by atoms with E-state index in [9.17, 15) is 9.18 Å². The molecule has 3 N–H and O–H groups in total. The molecule has 3 nitrogen and oxygen atoms in total. The van der Waals surface area contributed by atoms with Crippen molar-refractivity contribution in [3.05, 3.63) is 29.6 Å². The number of carbonyl (C=O) groups excluding carboxylic acids is 1. The highest BCUT2D eigenvalue weighted by Gasteiger charge is 2.19. The quantitative estimate of drug-likeness (QED) is 0.590. The molecule has 0 fully saturated rings. The van der Waals surface area contributed by atoms with Crippen molar-refractivity contribution >= 4 is 11.6 Å². The van der Waals surface area contributed by atoms with Gasteiger partial charge in [0.05, 0.1) is 5.69 Å². The minimum atomic E-state index is -0.499. The lowest BCUT2D eigenvalue weighted by Crippen LogP contribution is -2.34. The number of nitrogen functional groups attached to an aromatic ring is 1.